The van der Waals surface area contributed by atoms with Crippen LogP contribution in [0.3, 0.4) is 0 Å². The first-order valence-corrected chi connectivity index (χ1v) is 8.51. The van der Waals surface area contributed by atoms with E-state index in [4.69, 9.17) is 11.6 Å². The molecular weight excluding hydrogens is 284 g/mol. The molecule has 0 radical (unpaired) electrons. The smallest absolute Gasteiger partial charge is 0.0434 e. The van der Waals surface area contributed by atoms with Gasteiger partial charge < -0.3 is 15.3 Å². The van der Waals surface area contributed by atoms with Crippen molar-refractivity contribution in [3.63, 3.8) is 0 Å². The number of nitrogens with one attached hydrogen (secondary N) is 1. The summed E-state index contributed by atoms with van der Waals surface area (Å²) in [7, 11) is 0. The fourth-order valence-corrected chi connectivity index (χ4v) is 3.44. The average Bonchev–Trinajstić information content (AvgIpc) is 3.30. The first-order valence-electron chi connectivity index (χ1n) is 8.14. The highest BCUT2D eigenvalue weighted by atomic mass is 35.5. The van der Waals surface area contributed by atoms with Crippen LogP contribution in [-0.2, 0) is 6.54 Å². The van der Waals surface area contributed by atoms with E-state index in [9.17, 15) is 5.11 Å². The largest absolute Gasteiger partial charge is 0.396 e. The predicted octanol–water partition coefficient (Wildman–Crippen LogP) is 3.19. The molecule has 2 fully saturated rings. The number of hydrogen-bond acceptors (Lipinski definition) is 3. The number of rotatable bonds is 6. The van der Waals surface area contributed by atoms with Crippen molar-refractivity contribution in [3.05, 3.63) is 28.8 Å². The molecule has 1 atom stereocenters. The van der Waals surface area contributed by atoms with Crippen molar-refractivity contribution >= 4 is 17.3 Å². The van der Waals surface area contributed by atoms with E-state index in [0.717, 1.165) is 31.1 Å². The van der Waals surface area contributed by atoms with Crippen molar-refractivity contribution in [1.29, 1.82) is 0 Å². The van der Waals surface area contributed by atoms with Gasteiger partial charge in [0.2, 0.25) is 0 Å². The van der Waals surface area contributed by atoms with Crippen molar-refractivity contribution in [2.45, 2.75) is 44.7 Å². The molecule has 0 spiro atoms. The van der Waals surface area contributed by atoms with Crippen LogP contribution in [0, 0.1) is 5.92 Å². The van der Waals surface area contributed by atoms with E-state index in [1.807, 2.05) is 6.07 Å². The Hall–Kier alpha value is -0.770. The SMILES string of the molecule is OCCC1CCCN(c2ccc(Cl)cc2CNC2CC2)C1. The second-order valence-corrected chi connectivity index (χ2v) is 6.83. The zero-order chi connectivity index (χ0) is 14.7. The topological polar surface area (TPSA) is 35.5 Å². The Kier molecular flexibility index (Phi) is 5.04. The van der Waals surface area contributed by atoms with E-state index in [2.05, 4.69) is 22.3 Å². The Morgan fingerprint density at radius 1 is 1.29 bits per heavy atom. The van der Waals surface area contributed by atoms with E-state index >= 15 is 0 Å². The minimum Gasteiger partial charge on any atom is -0.396 e. The molecule has 1 heterocycles. The molecule has 1 aliphatic carbocycles. The molecule has 3 nitrogen and oxygen atoms in total. The van der Waals surface area contributed by atoms with E-state index in [-0.39, 0.29) is 0 Å². The fraction of sp³-hybridized carbons (Fsp3) is 0.647. The van der Waals surface area contributed by atoms with Crippen LogP contribution in [0.2, 0.25) is 5.02 Å². The molecule has 2 aliphatic rings. The summed E-state index contributed by atoms with van der Waals surface area (Å²) in [5.41, 5.74) is 2.62. The number of nitrogens with zero attached hydrogens (tertiary/aromatic N) is 1. The number of aliphatic hydroxyl groups excluding tert-OH is 1. The zero-order valence-corrected chi connectivity index (χ0v) is 13.3. The second kappa shape index (κ2) is 6.99. The number of benzene rings is 1. The molecule has 0 aromatic heterocycles. The molecule has 1 saturated heterocycles. The standard InChI is InChI=1S/C17H25ClN2O/c18-15-3-6-17(14(10-15)11-19-16-4-5-16)20-8-1-2-13(12-20)7-9-21/h3,6,10,13,16,19,21H,1-2,4-5,7-9,11-12H2. The summed E-state index contributed by atoms with van der Waals surface area (Å²) in [6.45, 7) is 3.37. The Balaban J connectivity index is 1.72. The van der Waals surface area contributed by atoms with Gasteiger partial charge in [-0.2, -0.15) is 0 Å². The lowest BCUT2D eigenvalue weighted by Gasteiger charge is -2.35. The summed E-state index contributed by atoms with van der Waals surface area (Å²) in [6.07, 6.45) is 5.97. The summed E-state index contributed by atoms with van der Waals surface area (Å²) in [6, 6.07) is 6.96. The third-order valence-electron chi connectivity index (χ3n) is 4.60. The highest BCUT2D eigenvalue weighted by Gasteiger charge is 2.23. The van der Waals surface area contributed by atoms with Gasteiger partial charge in [-0.05, 0) is 61.8 Å². The molecule has 1 aromatic rings. The third kappa shape index (κ3) is 4.12. The van der Waals surface area contributed by atoms with Gasteiger partial charge in [-0.3, -0.25) is 0 Å². The number of hydrogen-bond donors (Lipinski definition) is 2. The van der Waals surface area contributed by atoms with Crippen LogP contribution >= 0.6 is 11.6 Å². The van der Waals surface area contributed by atoms with Crippen LogP contribution in [0.25, 0.3) is 0 Å². The van der Waals surface area contributed by atoms with Gasteiger partial charge in [-0.1, -0.05) is 11.6 Å². The van der Waals surface area contributed by atoms with Gasteiger partial charge in [0, 0.05) is 43.0 Å². The monoisotopic (exact) mass is 308 g/mol. The van der Waals surface area contributed by atoms with Crippen molar-refractivity contribution in [2.24, 2.45) is 5.92 Å². The van der Waals surface area contributed by atoms with Crippen molar-refractivity contribution in [1.82, 2.24) is 5.32 Å². The number of aliphatic hydroxyl groups is 1. The average molecular weight is 309 g/mol. The summed E-state index contributed by atoms with van der Waals surface area (Å²) in [4.78, 5) is 2.48. The molecule has 2 N–H and O–H groups in total. The van der Waals surface area contributed by atoms with Gasteiger partial charge in [-0.15, -0.1) is 0 Å². The molecule has 21 heavy (non-hydrogen) atoms. The Labute approximate surface area is 132 Å². The lowest BCUT2D eigenvalue weighted by atomic mass is 9.94. The first-order chi connectivity index (χ1) is 10.3. The van der Waals surface area contributed by atoms with E-state index in [0.29, 0.717) is 18.6 Å². The maximum absolute atomic E-state index is 9.17. The summed E-state index contributed by atoms with van der Waals surface area (Å²) < 4.78 is 0. The first kappa shape index (κ1) is 15.1. The lowest BCUT2D eigenvalue weighted by Crippen LogP contribution is -2.36. The lowest BCUT2D eigenvalue weighted by molar-refractivity contribution is 0.244. The predicted molar refractivity (Wildman–Crippen MR) is 88.0 cm³/mol. The summed E-state index contributed by atoms with van der Waals surface area (Å²) >= 11 is 6.19. The quantitative estimate of drug-likeness (QED) is 0.847. The molecule has 4 heteroatoms. The maximum atomic E-state index is 9.17. The van der Waals surface area contributed by atoms with Gasteiger partial charge in [0.05, 0.1) is 0 Å². The number of piperidine rings is 1. The number of anilines is 1. The third-order valence-corrected chi connectivity index (χ3v) is 4.83. The summed E-state index contributed by atoms with van der Waals surface area (Å²) in [5.74, 6) is 0.615. The number of halogens is 1. The molecule has 1 aliphatic heterocycles. The van der Waals surface area contributed by atoms with E-state index in [1.165, 1.54) is 36.9 Å². The zero-order valence-electron chi connectivity index (χ0n) is 12.5. The van der Waals surface area contributed by atoms with E-state index in [1.54, 1.807) is 0 Å². The minimum absolute atomic E-state index is 0.301. The second-order valence-electron chi connectivity index (χ2n) is 6.39. The fourth-order valence-electron chi connectivity index (χ4n) is 3.25. The molecule has 0 bridgehead atoms. The minimum atomic E-state index is 0.301. The molecule has 1 aromatic carbocycles. The van der Waals surface area contributed by atoms with Crippen LogP contribution < -0.4 is 10.2 Å². The Morgan fingerprint density at radius 2 is 2.14 bits per heavy atom. The van der Waals surface area contributed by atoms with Crippen LogP contribution in [0.4, 0.5) is 5.69 Å². The van der Waals surface area contributed by atoms with Crippen molar-refractivity contribution in [2.75, 3.05) is 24.6 Å². The normalized spacial score (nSPS) is 22.6. The van der Waals surface area contributed by atoms with Gasteiger partial charge in [0.15, 0.2) is 0 Å². The molecule has 3 rings (SSSR count). The van der Waals surface area contributed by atoms with Crippen molar-refractivity contribution in [3.8, 4) is 0 Å². The van der Waals surface area contributed by atoms with Gasteiger partial charge in [0.1, 0.15) is 0 Å². The van der Waals surface area contributed by atoms with Crippen molar-refractivity contribution < 1.29 is 5.11 Å². The van der Waals surface area contributed by atoms with Gasteiger partial charge in [0.25, 0.3) is 0 Å². The van der Waals surface area contributed by atoms with Gasteiger partial charge in [-0.25, -0.2) is 0 Å². The molecule has 0 amide bonds. The highest BCUT2D eigenvalue weighted by molar-refractivity contribution is 6.30. The Morgan fingerprint density at radius 3 is 2.90 bits per heavy atom. The highest BCUT2D eigenvalue weighted by Crippen LogP contribution is 2.30. The van der Waals surface area contributed by atoms with Gasteiger partial charge >= 0.3 is 0 Å². The molecule has 1 saturated carbocycles. The van der Waals surface area contributed by atoms with Crippen LogP contribution in [0.1, 0.15) is 37.7 Å². The van der Waals surface area contributed by atoms with Crippen LogP contribution in [-0.4, -0.2) is 30.8 Å². The van der Waals surface area contributed by atoms with E-state index < -0.39 is 0 Å². The molecular formula is C17H25ClN2O. The molecule has 1 unspecified atom stereocenters. The van der Waals surface area contributed by atoms with Crippen LogP contribution in [0.15, 0.2) is 18.2 Å². The maximum Gasteiger partial charge on any atom is 0.0434 e. The van der Waals surface area contributed by atoms with Crippen LogP contribution in [0.5, 0.6) is 0 Å². The Bertz CT molecular complexity index is 474. The summed E-state index contributed by atoms with van der Waals surface area (Å²) in [5, 5.41) is 13.6. The molecule has 116 valence electrons.